The summed E-state index contributed by atoms with van der Waals surface area (Å²) in [6, 6.07) is 4.23. The van der Waals surface area contributed by atoms with Crippen LogP contribution in [0.3, 0.4) is 0 Å². The molecule has 1 amide bonds. The van der Waals surface area contributed by atoms with Gasteiger partial charge in [-0.3, -0.25) is 9.69 Å². The van der Waals surface area contributed by atoms with Crippen molar-refractivity contribution in [3.05, 3.63) is 28.5 Å². The number of hydrogen-bond acceptors (Lipinski definition) is 3. The summed E-state index contributed by atoms with van der Waals surface area (Å²) in [7, 11) is 0. The average molecular weight is 266 g/mol. The number of carbonyl (C=O) groups is 1. The Hall–Kier alpha value is -1.13. The first kappa shape index (κ1) is 11.9. The Kier molecular flexibility index (Phi) is 3.22. The molecule has 0 aromatic carbocycles. The highest BCUT2D eigenvalue weighted by Gasteiger charge is 2.25. The average Bonchev–Trinajstić information content (AvgIpc) is 2.75. The molecule has 4 nitrogen and oxygen atoms in total. The van der Waals surface area contributed by atoms with Crippen LogP contribution in [0.4, 0.5) is 0 Å². The third-order valence-electron chi connectivity index (χ3n) is 3.66. The second kappa shape index (κ2) is 4.86. The van der Waals surface area contributed by atoms with Gasteiger partial charge in [0, 0.05) is 44.2 Å². The summed E-state index contributed by atoms with van der Waals surface area (Å²) in [4.78, 5) is 17.9. The highest BCUT2D eigenvalue weighted by molar-refractivity contribution is 6.29. The summed E-state index contributed by atoms with van der Waals surface area (Å²) in [5.74, 6) is 0.186. The molecular formula is C13H16ClN3O. The second-order valence-corrected chi connectivity index (χ2v) is 5.42. The van der Waals surface area contributed by atoms with Crippen LogP contribution in [0.25, 0.3) is 0 Å². The Morgan fingerprint density at radius 1 is 1.44 bits per heavy atom. The highest BCUT2D eigenvalue weighted by Crippen LogP contribution is 2.20. The third kappa shape index (κ3) is 2.49. The predicted octanol–water partition coefficient (Wildman–Crippen LogP) is 1.37. The molecule has 1 N–H and O–H groups in total. The fourth-order valence-corrected chi connectivity index (χ4v) is 2.89. The van der Waals surface area contributed by atoms with Gasteiger partial charge in [0.25, 0.3) is 0 Å². The molecule has 18 heavy (non-hydrogen) atoms. The van der Waals surface area contributed by atoms with Crippen molar-refractivity contribution in [3.63, 3.8) is 0 Å². The van der Waals surface area contributed by atoms with Gasteiger partial charge in [-0.2, -0.15) is 0 Å². The van der Waals surface area contributed by atoms with E-state index in [2.05, 4.69) is 21.3 Å². The van der Waals surface area contributed by atoms with Crippen LogP contribution >= 0.6 is 11.6 Å². The molecule has 1 unspecified atom stereocenters. The van der Waals surface area contributed by atoms with Gasteiger partial charge in [-0.15, -0.1) is 0 Å². The van der Waals surface area contributed by atoms with Crippen LogP contribution in [-0.2, 0) is 17.8 Å². The monoisotopic (exact) mass is 265 g/mol. The van der Waals surface area contributed by atoms with E-state index in [1.807, 2.05) is 6.07 Å². The number of aromatic nitrogens is 1. The summed E-state index contributed by atoms with van der Waals surface area (Å²) < 4.78 is 0. The fourth-order valence-electron chi connectivity index (χ4n) is 2.73. The summed E-state index contributed by atoms with van der Waals surface area (Å²) in [6.07, 6.45) is 2.57. The molecule has 1 aromatic rings. The first-order chi connectivity index (χ1) is 8.70. The second-order valence-electron chi connectivity index (χ2n) is 5.03. The number of fused-ring (bicyclic) bond motifs is 1. The highest BCUT2D eigenvalue weighted by atomic mass is 35.5. The van der Waals surface area contributed by atoms with Crippen molar-refractivity contribution in [1.29, 1.82) is 0 Å². The van der Waals surface area contributed by atoms with Crippen LogP contribution in [0, 0.1) is 0 Å². The molecule has 2 aliphatic rings. The van der Waals surface area contributed by atoms with Crippen molar-refractivity contribution in [2.45, 2.75) is 31.8 Å². The van der Waals surface area contributed by atoms with E-state index in [1.165, 1.54) is 5.56 Å². The van der Waals surface area contributed by atoms with Gasteiger partial charge in [-0.25, -0.2) is 4.98 Å². The van der Waals surface area contributed by atoms with E-state index < -0.39 is 0 Å². The Labute approximate surface area is 111 Å². The van der Waals surface area contributed by atoms with Crippen molar-refractivity contribution in [3.8, 4) is 0 Å². The topological polar surface area (TPSA) is 45.2 Å². The lowest BCUT2D eigenvalue weighted by Gasteiger charge is -2.30. The molecule has 96 valence electrons. The quantitative estimate of drug-likeness (QED) is 0.822. The standard InChI is InChI=1S/C13H16ClN3O/c14-12-3-1-9-7-17(6-5-11(9)16-12)8-10-2-4-13(18)15-10/h1,3,10H,2,4-8H2,(H,15,18). The SMILES string of the molecule is O=C1CCC(CN2CCc3nc(Cl)ccc3C2)N1. The summed E-state index contributed by atoms with van der Waals surface area (Å²) >= 11 is 5.89. The molecule has 0 aliphatic carbocycles. The Morgan fingerprint density at radius 2 is 2.33 bits per heavy atom. The number of nitrogens with one attached hydrogen (secondary N) is 1. The van der Waals surface area contributed by atoms with Crippen LogP contribution in [0.2, 0.25) is 5.15 Å². The molecule has 1 saturated heterocycles. The zero-order valence-electron chi connectivity index (χ0n) is 10.2. The van der Waals surface area contributed by atoms with E-state index in [0.717, 1.165) is 38.2 Å². The van der Waals surface area contributed by atoms with Gasteiger partial charge < -0.3 is 5.32 Å². The number of amides is 1. The van der Waals surface area contributed by atoms with Crippen molar-refractivity contribution in [2.75, 3.05) is 13.1 Å². The van der Waals surface area contributed by atoms with E-state index in [-0.39, 0.29) is 5.91 Å². The zero-order chi connectivity index (χ0) is 12.5. The number of nitrogens with zero attached hydrogens (tertiary/aromatic N) is 2. The predicted molar refractivity (Wildman–Crippen MR) is 69.4 cm³/mol. The Bertz CT molecular complexity index is 477. The van der Waals surface area contributed by atoms with Crippen LogP contribution in [0.5, 0.6) is 0 Å². The molecule has 2 aliphatic heterocycles. The van der Waals surface area contributed by atoms with Gasteiger partial charge in [0.2, 0.25) is 5.91 Å². The van der Waals surface area contributed by atoms with Gasteiger partial charge in [0.1, 0.15) is 5.15 Å². The van der Waals surface area contributed by atoms with Crippen molar-refractivity contribution in [2.24, 2.45) is 0 Å². The Morgan fingerprint density at radius 3 is 3.11 bits per heavy atom. The molecule has 3 rings (SSSR count). The van der Waals surface area contributed by atoms with E-state index in [4.69, 9.17) is 11.6 Å². The largest absolute Gasteiger partial charge is 0.352 e. The molecule has 0 spiro atoms. The zero-order valence-corrected chi connectivity index (χ0v) is 10.9. The Balaban J connectivity index is 1.64. The molecule has 1 fully saturated rings. The minimum Gasteiger partial charge on any atom is -0.352 e. The molecule has 1 aromatic heterocycles. The van der Waals surface area contributed by atoms with Crippen molar-refractivity contribution in [1.82, 2.24) is 15.2 Å². The maximum absolute atomic E-state index is 11.2. The number of hydrogen-bond donors (Lipinski definition) is 1. The number of halogens is 1. The van der Waals surface area contributed by atoms with Gasteiger partial charge in [-0.05, 0) is 18.1 Å². The van der Waals surface area contributed by atoms with E-state index in [1.54, 1.807) is 0 Å². The summed E-state index contributed by atoms with van der Waals surface area (Å²) in [6.45, 7) is 2.84. The van der Waals surface area contributed by atoms with Crippen LogP contribution in [0.1, 0.15) is 24.1 Å². The molecule has 5 heteroatoms. The molecule has 1 atom stereocenters. The van der Waals surface area contributed by atoms with E-state index in [9.17, 15) is 4.79 Å². The molecule has 3 heterocycles. The summed E-state index contributed by atoms with van der Waals surface area (Å²) in [5, 5.41) is 3.59. The molecule has 0 bridgehead atoms. The minimum absolute atomic E-state index is 0.186. The number of pyridine rings is 1. The molecule has 0 saturated carbocycles. The van der Waals surface area contributed by atoms with E-state index >= 15 is 0 Å². The van der Waals surface area contributed by atoms with Crippen molar-refractivity contribution >= 4 is 17.5 Å². The van der Waals surface area contributed by atoms with E-state index in [0.29, 0.717) is 17.6 Å². The third-order valence-corrected chi connectivity index (χ3v) is 3.87. The smallest absolute Gasteiger partial charge is 0.220 e. The van der Waals surface area contributed by atoms with Crippen LogP contribution < -0.4 is 5.32 Å². The first-order valence-electron chi connectivity index (χ1n) is 6.37. The molecular weight excluding hydrogens is 250 g/mol. The minimum atomic E-state index is 0.186. The van der Waals surface area contributed by atoms with Crippen molar-refractivity contribution < 1.29 is 4.79 Å². The molecule has 0 radical (unpaired) electrons. The lowest BCUT2D eigenvalue weighted by Crippen LogP contribution is -2.41. The lowest BCUT2D eigenvalue weighted by molar-refractivity contribution is -0.119. The van der Waals surface area contributed by atoms with Crippen LogP contribution in [-0.4, -0.2) is 34.9 Å². The maximum Gasteiger partial charge on any atom is 0.220 e. The van der Waals surface area contributed by atoms with Gasteiger partial charge in [0.05, 0.1) is 0 Å². The van der Waals surface area contributed by atoms with Gasteiger partial charge >= 0.3 is 0 Å². The lowest BCUT2D eigenvalue weighted by atomic mass is 10.0. The first-order valence-corrected chi connectivity index (χ1v) is 6.74. The normalized spacial score (nSPS) is 23.8. The number of carbonyl (C=O) groups excluding carboxylic acids is 1. The van der Waals surface area contributed by atoms with Gasteiger partial charge in [-0.1, -0.05) is 17.7 Å². The van der Waals surface area contributed by atoms with Gasteiger partial charge in [0.15, 0.2) is 0 Å². The summed E-state index contributed by atoms with van der Waals surface area (Å²) in [5.41, 5.74) is 2.38. The van der Waals surface area contributed by atoms with Crippen LogP contribution in [0.15, 0.2) is 12.1 Å². The number of rotatable bonds is 2. The maximum atomic E-state index is 11.2. The fraction of sp³-hybridized carbons (Fsp3) is 0.538.